The van der Waals surface area contributed by atoms with Gasteiger partial charge in [-0.25, -0.2) is 0 Å². The fourth-order valence-corrected chi connectivity index (χ4v) is 1.92. The van der Waals surface area contributed by atoms with Crippen molar-refractivity contribution in [2.24, 2.45) is 5.92 Å². The van der Waals surface area contributed by atoms with E-state index in [0.29, 0.717) is 18.6 Å². The summed E-state index contributed by atoms with van der Waals surface area (Å²) in [6, 6.07) is 0.522. The summed E-state index contributed by atoms with van der Waals surface area (Å²) in [6.45, 7) is 5.24. The molecule has 0 radical (unpaired) electrons. The quantitative estimate of drug-likeness (QED) is 0.633. The Morgan fingerprint density at radius 3 is 2.47 bits per heavy atom. The number of thioether (sulfide) groups is 1. The Bertz CT molecular complexity index is 145. The van der Waals surface area contributed by atoms with Gasteiger partial charge in [0, 0.05) is 19.2 Å². The van der Waals surface area contributed by atoms with E-state index < -0.39 is 0 Å². The van der Waals surface area contributed by atoms with Crippen LogP contribution >= 0.6 is 11.8 Å². The normalized spacial score (nSPS) is 15.6. The maximum Gasteiger partial charge on any atom is 0.0618 e. The molecule has 0 bridgehead atoms. The van der Waals surface area contributed by atoms with Gasteiger partial charge in [0.15, 0.2) is 0 Å². The van der Waals surface area contributed by atoms with E-state index >= 15 is 0 Å². The van der Waals surface area contributed by atoms with Gasteiger partial charge >= 0.3 is 0 Å². The van der Waals surface area contributed by atoms with Crippen LogP contribution < -0.4 is 5.32 Å². The van der Waals surface area contributed by atoms with Crippen LogP contribution in [0.4, 0.5) is 0 Å². The van der Waals surface area contributed by atoms with Gasteiger partial charge in [-0.3, -0.25) is 0 Å². The molecular formula is C11H25NO2S. The van der Waals surface area contributed by atoms with Crippen LogP contribution in [0, 0.1) is 5.92 Å². The molecule has 15 heavy (non-hydrogen) atoms. The third-order valence-corrected chi connectivity index (χ3v) is 3.14. The molecule has 0 aromatic carbocycles. The molecule has 2 N–H and O–H groups in total. The van der Waals surface area contributed by atoms with Crippen molar-refractivity contribution in [2.45, 2.75) is 32.4 Å². The molecule has 2 atom stereocenters. The van der Waals surface area contributed by atoms with Gasteiger partial charge in [-0.05, 0) is 24.3 Å². The lowest BCUT2D eigenvalue weighted by Crippen LogP contribution is -2.46. The van der Waals surface area contributed by atoms with Crippen LogP contribution in [0.2, 0.25) is 0 Å². The van der Waals surface area contributed by atoms with Crippen LogP contribution in [0.1, 0.15) is 20.3 Å². The highest BCUT2D eigenvalue weighted by molar-refractivity contribution is 7.98. The second-order valence-electron chi connectivity index (χ2n) is 4.13. The van der Waals surface area contributed by atoms with E-state index in [1.807, 2.05) is 11.8 Å². The van der Waals surface area contributed by atoms with E-state index in [0.717, 1.165) is 12.2 Å². The Morgan fingerprint density at radius 2 is 2.07 bits per heavy atom. The summed E-state index contributed by atoms with van der Waals surface area (Å²) >= 11 is 1.81. The van der Waals surface area contributed by atoms with E-state index in [4.69, 9.17) is 4.74 Å². The first-order chi connectivity index (χ1) is 7.15. The molecule has 0 aromatic rings. The molecule has 0 amide bonds. The van der Waals surface area contributed by atoms with Crippen LogP contribution in [0.25, 0.3) is 0 Å². The molecule has 0 saturated heterocycles. The van der Waals surface area contributed by atoms with E-state index in [-0.39, 0.29) is 12.6 Å². The van der Waals surface area contributed by atoms with Crippen LogP contribution in [-0.2, 0) is 4.74 Å². The van der Waals surface area contributed by atoms with Crippen LogP contribution in [0.15, 0.2) is 0 Å². The Labute approximate surface area is 98.0 Å². The van der Waals surface area contributed by atoms with Crippen molar-refractivity contribution in [3.05, 3.63) is 0 Å². The Kier molecular flexibility index (Phi) is 9.60. The highest BCUT2D eigenvalue weighted by Gasteiger charge is 2.17. The highest BCUT2D eigenvalue weighted by atomic mass is 32.2. The van der Waals surface area contributed by atoms with Gasteiger partial charge in [0.1, 0.15) is 0 Å². The van der Waals surface area contributed by atoms with Gasteiger partial charge in [-0.2, -0.15) is 11.8 Å². The predicted molar refractivity (Wildman–Crippen MR) is 67.5 cm³/mol. The van der Waals surface area contributed by atoms with Crippen molar-refractivity contribution < 1.29 is 9.84 Å². The minimum absolute atomic E-state index is 0.194. The second kappa shape index (κ2) is 9.46. The van der Waals surface area contributed by atoms with Crippen molar-refractivity contribution >= 4 is 11.8 Å². The number of hydrogen-bond donors (Lipinski definition) is 2. The number of nitrogens with one attached hydrogen (secondary N) is 1. The largest absolute Gasteiger partial charge is 0.395 e. The molecule has 0 rings (SSSR count). The SMILES string of the molecule is COCC(NC(CO)CCSC)C(C)C. The lowest BCUT2D eigenvalue weighted by atomic mass is 10.0. The maximum absolute atomic E-state index is 9.24. The van der Waals surface area contributed by atoms with E-state index in [1.165, 1.54) is 0 Å². The summed E-state index contributed by atoms with van der Waals surface area (Å²) in [4.78, 5) is 0. The minimum Gasteiger partial charge on any atom is -0.395 e. The molecule has 0 heterocycles. The maximum atomic E-state index is 9.24. The lowest BCUT2D eigenvalue weighted by Gasteiger charge is -2.26. The van der Waals surface area contributed by atoms with Crippen LogP contribution in [0.3, 0.4) is 0 Å². The molecule has 2 unspecified atom stereocenters. The summed E-state index contributed by atoms with van der Waals surface area (Å²) in [5, 5.41) is 12.7. The summed E-state index contributed by atoms with van der Waals surface area (Å²) < 4.78 is 5.17. The summed E-state index contributed by atoms with van der Waals surface area (Å²) in [6.07, 6.45) is 3.09. The first-order valence-corrected chi connectivity index (χ1v) is 6.89. The van der Waals surface area contributed by atoms with Crippen LogP contribution in [-0.4, -0.2) is 49.5 Å². The van der Waals surface area contributed by atoms with E-state index in [9.17, 15) is 5.11 Å². The molecule has 0 spiro atoms. The summed E-state index contributed by atoms with van der Waals surface area (Å²) in [5.41, 5.74) is 0. The van der Waals surface area contributed by atoms with Gasteiger partial charge in [-0.1, -0.05) is 13.8 Å². The molecule has 4 heteroatoms. The standard InChI is InChI=1S/C11H25NO2S/c1-9(2)11(8-14-3)12-10(7-13)5-6-15-4/h9-13H,5-8H2,1-4H3. The fraction of sp³-hybridized carbons (Fsp3) is 1.00. The zero-order valence-corrected chi connectivity index (χ0v) is 11.1. The predicted octanol–water partition coefficient (Wildman–Crippen LogP) is 1.36. The Morgan fingerprint density at radius 1 is 1.40 bits per heavy atom. The van der Waals surface area contributed by atoms with Crippen LogP contribution in [0.5, 0.6) is 0 Å². The van der Waals surface area contributed by atoms with Gasteiger partial charge < -0.3 is 15.2 Å². The van der Waals surface area contributed by atoms with Crippen molar-refractivity contribution in [1.82, 2.24) is 5.32 Å². The van der Waals surface area contributed by atoms with Gasteiger partial charge in [0.2, 0.25) is 0 Å². The molecule has 0 aliphatic carbocycles. The van der Waals surface area contributed by atoms with Crippen molar-refractivity contribution in [3.8, 4) is 0 Å². The number of aliphatic hydroxyl groups excluding tert-OH is 1. The number of methoxy groups -OCH3 is 1. The monoisotopic (exact) mass is 235 g/mol. The molecule has 0 fully saturated rings. The Hall–Kier alpha value is 0.230. The number of hydrogen-bond acceptors (Lipinski definition) is 4. The van der Waals surface area contributed by atoms with Gasteiger partial charge in [0.05, 0.1) is 13.2 Å². The number of aliphatic hydroxyl groups is 1. The van der Waals surface area contributed by atoms with E-state index in [2.05, 4.69) is 25.4 Å². The smallest absolute Gasteiger partial charge is 0.0618 e. The third-order valence-electron chi connectivity index (χ3n) is 2.49. The average Bonchev–Trinajstić information content (AvgIpc) is 2.22. The van der Waals surface area contributed by atoms with E-state index in [1.54, 1.807) is 7.11 Å². The molecular weight excluding hydrogens is 210 g/mol. The molecule has 3 nitrogen and oxygen atoms in total. The number of ether oxygens (including phenoxy) is 1. The summed E-state index contributed by atoms with van der Waals surface area (Å²) in [7, 11) is 1.72. The molecule has 0 aliphatic rings. The number of rotatable bonds is 9. The molecule has 0 saturated carbocycles. The highest BCUT2D eigenvalue weighted by Crippen LogP contribution is 2.06. The van der Waals surface area contributed by atoms with Gasteiger partial charge in [0.25, 0.3) is 0 Å². The molecule has 92 valence electrons. The zero-order valence-electron chi connectivity index (χ0n) is 10.3. The molecule has 0 aromatic heterocycles. The lowest BCUT2D eigenvalue weighted by molar-refractivity contribution is 0.128. The third kappa shape index (κ3) is 7.17. The van der Waals surface area contributed by atoms with Gasteiger partial charge in [-0.15, -0.1) is 0 Å². The average molecular weight is 235 g/mol. The molecule has 0 aliphatic heterocycles. The Balaban J connectivity index is 3.97. The van der Waals surface area contributed by atoms with Crippen molar-refractivity contribution in [3.63, 3.8) is 0 Å². The second-order valence-corrected chi connectivity index (χ2v) is 5.12. The first kappa shape index (κ1) is 15.2. The topological polar surface area (TPSA) is 41.5 Å². The minimum atomic E-state index is 0.194. The first-order valence-electron chi connectivity index (χ1n) is 5.50. The van der Waals surface area contributed by atoms with Crippen molar-refractivity contribution in [2.75, 3.05) is 32.3 Å². The zero-order chi connectivity index (χ0) is 11.7. The summed E-state index contributed by atoms with van der Waals surface area (Å²) in [5.74, 6) is 1.60. The van der Waals surface area contributed by atoms with Crippen molar-refractivity contribution in [1.29, 1.82) is 0 Å². The fourth-order valence-electron chi connectivity index (χ4n) is 1.40.